The van der Waals surface area contributed by atoms with Crippen LogP contribution in [0.1, 0.15) is 37.5 Å². The Morgan fingerprint density at radius 3 is 1.72 bits per heavy atom. The molecule has 6 aromatic rings. The van der Waals surface area contributed by atoms with E-state index in [0.29, 0.717) is 0 Å². The zero-order valence-corrected chi connectivity index (χ0v) is 21.2. The largest absolute Gasteiger partial charge is 0.355 e. The van der Waals surface area contributed by atoms with E-state index in [9.17, 15) is 0 Å². The summed E-state index contributed by atoms with van der Waals surface area (Å²) in [7, 11) is 0. The second kappa shape index (κ2) is 8.84. The molecule has 0 aliphatic carbocycles. The molecule has 0 bridgehead atoms. The van der Waals surface area contributed by atoms with Crippen LogP contribution < -0.4 is 5.32 Å². The van der Waals surface area contributed by atoms with Gasteiger partial charge in [-0.05, 0) is 79.7 Å². The Balaban J connectivity index is 1.43. The number of anilines is 2. The van der Waals surface area contributed by atoms with E-state index in [1.54, 1.807) is 0 Å². The first-order chi connectivity index (χ1) is 17.5. The van der Waals surface area contributed by atoms with Crippen LogP contribution in [0, 0.1) is 0 Å². The van der Waals surface area contributed by atoms with Gasteiger partial charge in [0.25, 0.3) is 0 Å². The highest BCUT2D eigenvalue weighted by molar-refractivity contribution is 6.03. The predicted molar refractivity (Wildman–Crippen MR) is 157 cm³/mol. The molecule has 0 radical (unpaired) electrons. The van der Waals surface area contributed by atoms with Gasteiger partial charge in [0.2, 0.25) is 0 Å². The van der Waals surface area contributed by atoms with Gasteiger partial charge in [-0.1, -0.05) is 112 Å². The number of nitrogens with one attached hydrogen (secondary N) is 1. The fourth-order valence-corrected chi connectivity index (χ4v) is 5.32. The number of hydrogen-bond donors (Lipinski definition) is 1. The van der Waals surface area contributed by atoms with E-state index in [1.807, 2.05) is 0 Å². The zero-order chi connectivity index (χ0) is 24.7. The van der Waals surface area contributed by atoms with E-state index < -0.39 is 0 Å². The van der Waals surface area contributed by atoms with Crippen LogP contribution in [-0.2, 0) is 11.8 Å². The van der Waals surface area contributed by atoms with Gasteiger partial charge in [0.05, 0.1) is 0 Å². The summed E-state index contributed by atoms with van der Waals surface area (Å²) in [6.45, 7) is 6.75. The van der Waals surface area contributed by atoms with Crippen LogP contribution in [0.4, 0.5) is 11.4 Å². The highest BCUT2D eigenvalue weighted by Crippen LogP contribution is 2.35. The average molecular weight is 466 g/mol. The van der Waals surface area contributed by atoms with Crippen LogP contribution in [0.25, 0.3) is 32.3 Å². The van der Waals surface area contributed by atoms with Gasteiger partial charge in [-0.15, -0.1) is 0 Å². The molecule has 0 heterocycles. The first kappa shape index (κ1) is 22.4. The third kappa shape index (κ3) is 4.12. The van der Waals surface area contributed by atoms with Crippen molar-refractivity contribution in [2.45, 2.75) is 32.6 Å². The Labute approximate surface area is 213 Å². The standard InChI is InChI=1S/C35H31N/c1-35(2,3)27-17-19-28(20-18-27)36-34-21-16-26(29-12-8-9-15-32(29)34)23-33-30-13-6-4-10-24(30)22-25-11-5-7-14-31(25)33/h4-22,36H,23H2,1-3H3. The van der Waals surface area contributed by atoms with E-state index in [-0.39, 0.29) is 5.41 Å². The topological polar surface area (TPSA) is 12.0 Å². The van der Waals surface area contributed by atoms with Crippen LogP contribution in [0.2, 0.25) is 0 Å². The lowest BCUT2D eigenvalue weighted by Crippen LogP contribution is -2.10. The molecule has 0 fully saturated rings. The molecular formula is C35H31N. The summed E-state index contributed by atoms with van der Waals surface area (Å²) in [4.78, 5) is 0. The van der Waals surface area contributed by atoms with Crippen molar-refractivity contribution in [2.75, 3.05) is 5.32 Å². The molecule has 0 aliphatic rings. The average Bonchev–Trinajstić information content (AvgIpc) is 2.89. The molecule has 0 saturated carbocycles. The summed E-state index contributed by atoms with van der Waals surface area (Å²) in [6, 6.07) is 42.0. The molecule has 176 valence electrons. The summed E-state index contributed by atoms with van der Waals surface area (Å²) in [5.74, 6) is 0. The monoisotopic (exact) mass is 465 g/mol. The summed E-state index contributed by atoms with van der Waals surface area (Å²) >= 11 is 0. The van der Waals surface area contributed by atoms with Crippen LogP contribution in [0.15, 0.2) is 115 Å². The van der Waals surface area contributed by atoms with Crippen molar-refractivity contribution in [1.29, 1.82) is 0 Å². The summed E-state index contributed by atoms with van der Waals surface area (Å²) in [5.41, 5.74) is 6.49. The Bertz CT molecular complexity index is 1650. The smallest absolute Gasteiger partial charge is 0.0464 e. The first-order valence-corrected chi connectivity index (χ1v) is 12.7. The van der Waals surface area contributed by atoms with Crippen molar-refractivity contribution < 1.29 is 0 Å². The first-order valence-electron chi connectivity index (χ1n) is 12.7. The molecule has 0 saturated heterocycles. The van der Waals surface area contributed by atoms with Crippen LogP contribution in [-0.4, -0.2) is 0 Å². The molecule has 6 aromatic carbocycles. The Hall–Kier alpha value is -4.10. The fraction of sp³-hybridized carbons (Fsp3) is 0.143. The lowest BCUT2D eigenvalue weighted by molar-refractivity contribution is 0.590. The summed E-state index contributed by atoms with van der Waals surface area (Å²) < 4.78 is 0. The van der Waals surface area contributed by atoms with Crippen molar-refractivity contribution >= 4 is 43.7 Å². The van der Waals surface area contributed by atoms with Gasteiger partial charge in [0.1, 0.15) is 0 Å². The Morgan fingerprint density at radius 2 is 1.11 bits per heavy atom. The molecule has 0 spiro atoms. The third-order valence-electron chi connectivity index (χ3n) is 7.29. The lowest BCUT2D eigenvalue weighted by Gasteiger charge is -2.20. The Morgan fingerprint density at radius 1 is 0.556 bits per heavy atom. The van der Waals surface area contributed by atoms with Crippen molar-refractivity contribution in [3.63, 3.8) is 0 Å². The minimum Gasteiger partial charge on any atom is -0.355 e. The predicted octanol–water partition coefficient (Wildman–Crippen LogP) is 9.78. The van der Waals surface area contributed by atoms with E-state index >= 15 is 0 Å². The molecule has 1 heteroatoms. The number of rotatable bonds is 4. The second-order valence-electron chi connectivity index (χ2n) is 10.7. The van der Waals surface area contributed by atoms with E-state index in [4.69, 9.17) is 0 Å². The van der Waals surface area contributed by atoms with Gasteiger partial charge >= 0.3 is 0 Å². The molecule has 0 unspecified atom stereocenters. The minimum atomic E-state index is 0.151. The molecule has 0 aromatic heterocycles. The maximum Gasteiger partial charge on any atom is 0.0464 e. The number of hydrogen-bond acceptors (Lipinski definition) is 1. The highest BCUT2D eigenvalue weighted by Gasteiger charge is 2.14. The molecule has 0 amide bonds. The van der Waals surface area contributed by atoms with Crippen molar-refractivity contribution in [1.82, 2.24) is 0 Å². The lowest BCUT2D eigenvalue weighted by atomic mass is 9.87. The zero-order valence-electron chi connectivity index (χ0n) is 21.2. The molecule has 6 rings (SSSR count). The van der Waals surface area contributed by atoms with Crippen molar-refractivity contribution in [2.24, 2.45) is 0 Å². The highest BCUT2D eigenvalue weighted by atomic mass is 14.9. The molecular weight excluding hydrogens is 434 g/mol. The molecule has 0 aliphatic heterocycles. The Kier molecular flexibility index (Phi) is 5.49. The normalized spacial score (nSPS) is 11.9. The molecule has 36 heavy (non-hydrogen) atoms. The maximum absolute atomic E-state index is 3.68. The number of benzene rings is 6. The second-order valence-corrected chi connectivity index (χ2v) is 10.7. The minimum absolute atomic E-state index is 0.151. The fourth-order valence-electron chi connectivity index (χ4n) is 5.32. The van der Waals surface area contributed by atoms with Crippen molar-refractivity contribution in [3.05, 3.63) is 132 Å². The molecule has 1 nitrogen and oxygen atoms in total. The maximum atomic E-state index is 3.68. The van der Waals surface area contributed by atoms with Gasteiger partial charge in [0, 0.05) is 16.8 Å². The molecule has 1 N–H and O–H groups in total. The van der Waals surface area contributed by atoms with Gasteiger partial charge in [-0.2, -0.15) is 0 Å². The van der Waals surface area contributed by atoms with E-state index in [1.165, 1.54) is 49.0 Å². The van der Waals surface area contributed by atoms with Crippen LogP contribution in [0.5, 0.6) is 0 Å². The van der Waals surface area contributed by atoms with Crippen molar-refractivity contribution in [3.8, 4) is 0 Å². The third-order valence-corrected chi connectivity index (χ3v) is 7.29. The van der Waals surface area contributed by atoms with Gasteiger partial charge in [-0.3, -0.25) is 0 Å². The SMILES string of the molecule is CC(C)(C)c1ccc(Nc2ccc(Cc3c4ccccc4cc4ccccc34)c3ccccc23)cc1. The summed E-state index contributed by atoms with van der Waals surface area (Å²) in [5, 5.41) is 11.5. The summed E-state index contributed by atoms with van der Waals surface area (Å²) in [6.07, 6.45) is 0.892. The van der Waals surface area contributed by atoms with Gasteiger partial charge < -0.3 is 5.32 Å². The quantitative estimate of drug-likeness (QED) is 0.255. The van der Waals surface area contributed by atoms with Crippen LogP contribution >= 0.6 is 0 Å². The van der Waals surface area contributed by atoms with Gasteiger partial charge in [0.15, 0.2) is 0 Å². The van der Waals surface area contributed by atoms with E-state index in [2.05, 4.69) is 141 Å². The van der Waals surface area contributed by atoms with E-state index in [0.717, 1.165) is 17.8 Å². The number of fused-ring (bicyclic) bond motifs is 3. The van der Waals surface area contributed by atoms with Crippen LogP contribution in [0.3, 0.4) is 0 Å². The van der Waals surface area contributed by atoms with Gasteiger partial charge in [-0.25, -0.2) is 0 Å². The molecule has 0 atom stereocenters.